The van der Waals surface area contributed by atoms with Gasteiger partial charge in [-0.3, -0.25) is 4.79 Å². The summed E-state index contributed by atoms with van der Waals surface area (Å²) in [6.07, 6.45) is 0. The van der Waals surface area contributed by atoms with Gasteiger partial charge in [0.1, 0.15) is 0 Å². The van der Waals surface area contributed by atoms with Crippen molar-refractivity contribution in [3.05, 3.63) is 40.7 Å². The van der Waals surface area contributed by atoms with Crippen molar-refractivity contribution in [1.29, 1.82) is 0 Å². The van der Waals surface area contributed by atoms with E-state index in [1.165, 1.54) is 0 Å². The van der Waals surface area contributed by atoms with Crippen LogP contribution in [-0.4, -0.2) is 25.6 Å². The first-order valence-electron chi connectivity index (χ1n) is 4.71. The van der Waals surface area contributed by atoms with Gasteiger partial charge in [0.25, 0.3) is 5.56 Å². The van der Waals surface area contributed by atoms with Crippen LogP contribution < -0.4 is 5.56 Å². The first-order chi connectivity index (χ1) is 7.84. The Morgan fingerprint density at radius 2 is 2.06 bits per heavy atom. The maximum Gasteiger partial charge on any atom is 0.259 e. The molecule has 0 saturated heterocycles. The highest BCUT2D eigenvalue weighted by molar-refractivity contribution is 5.82. The zero-order chi connectivity index (χ0) is 11.0. The molecule has 78 valence electrons. The van der Waals surface area contributed by atoms with E-state index in [2.05, 4.69) is 25.6 Å². The van der Waals surface area contributed by atoms with Crippen LogP contribution in [-0.2, 0) is 0 Å². The molecule has 0 aliphatic rings. The zero-order valence-electron chi connectivity index (χ0n) is 8.14. The summed E-state index contributed by atoms with van der Waals surface area (Å²) < 4.78 is 0. The molecule has 6 heteroatoms. The summed E-state index contributed by atoms with van der Waals surface area (Å²) in [7, 11) is 0. The lowest BCUT2D eigenvalue weighted by molar-refractivity contribution is 0.881. The molecule has 3 aromatic rings. The molecule has 2 N–H and O–H groups in total. The Bertz CT molecular complexity index is 686. The third-order valence-electron chi connectivity index (χ3n) is 2.35. The number of fused-ring (bicyclic) bond motifs is 1. The van der Waals surface area contributed by atoms with Crippen molar-refractivity contribution in [2.24, 2.45) is 0 Å². The van der Waals surface area contributed by atoms with Gasteiger partial charge in [-0.1, -0.05) is 18.2 Å². The summed E-state index contributed by atoms with van der Waals surface area (Å²) in [6.45, 7) is 0. The van der Waals surface area contributed by atoms with Crippen LogP contribution in [0.25, 0.3) is 22.3 Å². The summed E-state index contributed by atoms with van der Waals surface area (Å²) in [6, 6.07) is 9.30. The molecule has 0 aliphatic carbocycles. The van der Waals surface area contributed by atoms with E-state index in [1.54, 1.807) is 6.07 Å². The molecule has 1 aromatic carbocycles. The number of rotatable bonds is 1. The maximum atomic E-state index is 11.8. The smallest absolute Gasteiger partial charge is 0.259 e. The molecule has 3 rings (SSSR count). The third kappa shape index (κ3) is 1.28. The predicted octanol–water partition coefficient (Wildman–Crippen LogP) is 0.708. The van der Waals surface area contributed by atoms with Crippen LogP contribution in [0, 0.1) is 0 Å². The van der Waals surface area contributed by atoms with Gasteiger partial charge in [0, 0.05) is 5.52 Å². The number of tetrazole rings is 1. The van der Waals surface area contributed by atoms with Crippen LogP contribution in [0.3, 0.4) is 0 Å². The lowest BCUT2D eigenvalue weighted by Crippen LogP contribution is -2.09. The van der Waals surface area contributed by atoms with E-state index in [0.717, 1.165) is 10.9 Å². The van der Waals surface area contributed by atoms with Gasteiger partial charge in [-0.25, -0.2) is 5.10 Å². The van der Waals surface area contributed by atoms with Crippen LogP contribution in [0.2, 0.25) is 0 Å². The molecule has 16 heavy (non-hydrogen) atoms. The minimum Gasteiger partial charge on any atom is -0.321 e. The van der Waals surface area contributed by atoms with Gasteiger partial charge < -0.3 is 4.98 Å². The molecule has 6 nitrogen and oxygen atoms in total. The Morgan fingerprint density at radius 1 is 1.19 bits per heavy atom. The Balaban J connectivity index is 2.34. The normalized spacial score (nSPS) is 10.8. The van der Waals surface area contributed by atoms with Gasteiger partial charge in [-0.15, -0.1) is 5.10 Å². The second-order valence-corrected chi connectivity index (χ2v) is 3.35. The van der Waals surface area contributed by atoms with Gasteiger partial charge in [0.05, 0.1) is 5.56 Å². The molecule has 0 aliphatic heterocycles. The summed E-state index contributed by atoms with van der Waals surface area (Å²) in [5, 5.41) is 14.1. The minimum absolute atomic E-state index is 0.211. The predicted molar refractivity (Wildman–Crippen MR) is 57.7 cm³/mol. The highest BCUT2D eigenvalue weighted by atomic mass is 16.1. The van der Waals surface area contributed by atoms with E-state index in [9.17, 15) is 4.79 Å². The molecule has 2 heterocycles. The van der Waals surface area contributed by atoms with Crippen LogP contribution in [0.15, 0.2) is 35.1 Å². The van der Waals surface area contributed by atoms with Gasteiger partial charge in [-0.05, 0) is 27.9 Å². The highest BCUT2D eigenvalue weighted by Crippen LogP contribution is 2.14. The second kappa shape index (κ2) is 3.27. The number of hydrogen-bond acceptors (Lipinski definition) is 4. The van der Waals surface area contributed by atoms with E-state index < -0.39 is 0 Å². The molecule has 0 radical (unpaired) electrons. The van der Waals surface area contributed by atoms with Crippen molar-refractivity contribution < 1.29 is 0 Å². The molecule has 0 fully saturated rings. The third-order valence-corrected chi connectivity index (χ3v) is 2.35. The van der Waals surface area contributed by atoms with Crippen molar-refractivity contribution in [3.63, 3.8) is 0 Å². The van der Waals surface area contributed by atoms with Gasteiger partial charge in [0.2, 0.25) is 0 Å². The van der Waals surface area contributed by atoms with Crippen molar-refractivity contribution in [2.75, 3.05) is 0 Å². The number of hydrogen-bond donors (Lipinski definition) is 2. The minimum atomic E-state index is -0.211. The average molecular weight is 213 g/mol. The molecule has 0 saturated carbocycles. The largest absolute Gasteiger partial charge is 0.321 e. The van der Waals surface area contributed by atoms with E-state index >= 15 is 0 Å². The Hall–Kier alpha value is -2.50. The number of pyridine rings is 1. The summed E-state index contributed by atoms with van der Waals surface area (Å²) >= 11 is 0. The number of nitrogens with zero attached hydrogens (tertiary/aromatic N) is 3. The molecule has 0 bridgehead atoms. The first-order valence-corrected chi connectivity index (χ1v) is 4.71. The first kappa shape index (κ1) is 8.78. The fourth-order valence-corrected chi connectivity index (χ4v) is 1.60. The van der Waals surface area contributed by atoms with Crippen LogP contribution in [0.5, 0.6) is 0 Å². The Morgan fingerprint density at radius 3 is 2.88 bits per heavy atom. The summed E-state index contributed by atoms with van der Waals surface area (Å²) in [5.74, 6) is 0.368. The van der Waals surface area contributed by atoms with Gasteiger partial charge >= 0.3 is 0 Å². The summed E-state index contributed by atoms with van der Waals surface area (Å²) in [5.41, 5.74) is 1.02. The van der Waals surface area contributed by atoms with E-state index in [-0.39, 0.29) is 5.56 Å². The zero-order valence-corrected chi connectivity index (χ0v) is 8.14. The Labute approximate surface area is 89.3 Å². The van der Waals surface area contributed by atoms with Gasteiger partial charge in [0.15, 0.2) is 5.82 Å². The Kier molecular flexibility index (Phi) is 1.79. The summed E-state index contributed by atoms with van der Waals surface area (Å²) in [4.78, 5) is 14.5. The topological polar surface area (TPSA) is 87.3 Å². The molecule has 0 spiro atoms. The number of para-hydroxylation sites is 1. The van der Waals surface area contributed by atoms with Crippen molar-refractivity contribution >= 4 is 10.9 Å². The van der Waals surface area contributed by atoms with Crippen LogP contribution in [0.1, 0.15) is 0 Å². The van der Waals surface area contributed by atoms with Crippen LogP contribution in [0.4, 0.5) is 0 Å². The number of aromatic amines is 2. The number of aromatic nitrogens is 5. The van der Waals surface area contributed by atoms with E-state index in [4.69, 9.17) is 0 Å². The monoisotopic (exact) mass is 213 g/mol. The molecule has 0 unspecified atom stereocenters. The molecule has 2 aromatic heterocycles. The number of nitrogens with one attached hydrogen (secondary N) is 2. The maximum absolute atomic E-state index is 11.8. The standard InChI is InChI=1S/C10H7N5O/c16-10-7(9-12-14-15-13-9)5-6-3-1-2-4-8(6)11-10/h1-5H,(H,11,16)(H,12,13,14,15). The van der Waals surface area contributed by atoms with Crippen molar-refractivity contribution in [1.82, 2.24) is 25.6 Å². The van der Waals surface area contributed by atoms with E-state index in [1.807, 2.05) is 24.3 Å². The SMILES string of the molecule is O=c1[nH]c2ccccc2cc1-c1nnn[nH]1. The molecular weight excluding hydrogens is 206 g/mol. The average Bonchev–Trinajstić information content (AvgIpc) is 2.81. The molecule has 0 amide bonds. The number of H-pyrrole nitrogens is 2. The lowest BCUT2D eigenvalue weighted by atomic mass is 10.1. The molecular formula is C10H7N5O. The lowest BCUT2D eigenvalue weighted by Gasteiger charge is -1.99. The fourth-order valence-electron chi connectivity index (χ4n) is 1.60. The molecule has 0 atom stereocenters. The number of benzene rings is 1. The van der Waals surface area contributed by atoms with Crippen molar-refractivity contribution in [2.45, 2.75) is 0 Å². The highest BCUT2D eigenvalue weighted by Gasteiger charge is 2.08. The quantitative estimate of drug-likeness (QED) is 0.623. The van der Waals surface area contributed by atoms with Crippen molar-refractivity contribution in [3.8, 4) is 11.4 Å². The fraction of sp³-hybridized carbons (Fsp3) is 0. The van der Waals surface area contributed by atoms with Crippen LogP contribution >= 0.6 is 0 Å². The van der Waals surface area contributed by atoms with Gasteiger partial charge in [-0.2, -0.15) is 0 Å². The van der Waals surface area contributed by atoms with E-state index in [0.29, 0.717) is 11.4 Å². The second-order valence-electron chi connectivity index (χ2n) is 3.35.